The topological polar surface area (TPSA) is 93.6 Å². The molecule has 0 aliphatic carbocycles. The van der Waals surface area contributed by atoms with Crippen molar-refractivity contribution in [1.82, 2.24) is 14.7 Å². The Labute approximate surface area is 98.8 Å². The lowest BCUT2D eigenvalue weighted by Gasteiger charge is -2.34. The van der Waals surface area contributed by atoms with Crippen molar-refractivity contribution in [1.29, 1.82) is 0 Å². The fraction of sp³-hybridized carbons (Fsp3) is 0.600. The number of carbonyl (C=O) groups is 1. The maximum Gasteiger partial charge on any atom is 0.276 e. The molecule has 1 saturated heterocycles. The summed E-state index contributed by atoms with van der Waals surface area (Å²) < 4.78 is 6.71. The van der Waals surface area contributed by atoms with E-state index in [0.717, 1.165) is 0 Å². The molecule has 1 aliphatic rings. The number of aromatic nitrogens is 2. The number of hydrogen-bond donors (Lipinski definition) is 2. The van der Waals surface area contributed by atoms with E-state index in [9.17, 15) is 9.90 Å². The first-order chi connectivity index (χ1) is 8.13. The molecular formula is C10H16N4O3. The maximum absolute atomic E-state index is 12.2. The third kappa shape index (κ3) is 2.25. The Balaban J connectivity index is 2.21. The molecule has 1 amide bonds. The van der Waals surface area contributed by atoms with Crippen molar-refractivity contribution in [3.05, 3.63) is 11.9 Å². The Morgan fingerprint density at radius 3 is 3.12 bits per heavy atom. The minimum atomic E-state index is -0.322. The summed E-state index contributed by atoms with van der Waals surface area (Å²) in [6.45, 7) is 1.13. The number of aliphatic hydroxyl groups excluding tert-OH is 1. The summed E-state index contributed by atoms with van der Waals surface area (Å²) in [5.74, 6) is -0.259. The zero-order valence-electron chi connectivity index (χ0n) is 9.67. The molecule has 94 valence electrons. The second kappa shape index (κ2) is 4.72. The summed E-state index contributed by atoms with van der Waals surface area (Å²) in [5.41, 5.74) is 6.29. The predicted molar refractivity (Wildman–Crippen MR) is 60.3 cm³/mol. The number of nitrogens with zero attached hydrogens (tertiary/aromatic N) is 3. The quantitative estimate of drug-likeness (QED) is 0.679. The molecule has 7 nitrogen and oxygen atoms in total. The van der Waals surface area contributed by atoms with Gasteiger partial charge in [0.05, 0.1) is 31.5 Å². The molecule has 1 aliphatic heterocycles. The summed E-state index contributed by atoms with van der Waals surface area (Å²) in [6.07, 6.45) is 1.58. The molecule has 0 radical (unpaired) electrons. The first kappa shape index (κ1) is 11.9. The van der Waals surface area contributed by atoms with Crippen LogP contribution in [-0.2, 0) is 11.8 Å². The van der Waals surface area contributed by atoms with Gasteiger partial charge in [0.1, 0.15) is 0 Å². The third-order valence-corrected chi connectivity index (χ3v) is 2.76. The van der Waals surface area contributed by atoms with Crippen LogP contribution in [0.5, 0.6) is 0 Å². The number of ether oxygens (including phenoxy) is 1. The van der Waals surface area contributed by atoms with Crippen LogP contribution in [0.4, 0.5) is 5.69 Å². The molecule has 0 saturated carbocycles. The number of anilines is 1. The first-order valence-corrected chi connectivity index (χ1v) is 5.42. The number of aliphatic hydroxyl groups is 1. The zero-order valence-corrected chi connectivity index (χ0v) is 9.67. The SMILES string of the molecule is Cn1cc(N)c(C(=O)N2CCOCC2CO)n1. The van der Waals surface area contributed by atoms with Crippen LogP contribution < -0.4 is 5.73 Å². The van der Waals surface area contributed by atoms with Crippen molar-refractivity contribution in [3.63, 3.8) is 0 Å². The molecule has 17 heavy (non-hydrogen) atoms. The maximum atomic E-state index is 12.2. The van der Waals surface area contributed by atoms with Crippen LogP contribution in [0.1, 0.15) is 10.5 Å². The molecule has 1 unspecified atom stereocenters. The molecular weight excluding hydrogens is 224 g/mol. The highest BCUT2D eigenvalue weighted by Crippen LogP contribution is 2.15. The van der Waals surface area contributed by atoms with Gasteiger partial charge in [0, 0.05) is 19.8 Å². The minimum Gasteiger partial charge on any atom is -0.396 e. The van der Waals surface area contributed by atoms with Gasteiger partial charge in [-0.2, -0.15) is 5.10 Å². The Bertz CT molecular complexity index is 418. The van der Waals surface area contributed by atoms with E-state index in [0.29, 0.717) is 25.4 Å². The average Bonchev–Trinajstić information content (AvgIpc) is 2.67. The van der Waals surface area contributed by atoms with Gasteiger partial charge in [-0.25, -0.2) is 0 Å². The molecule has 1 aromatic heterocycles. The number of nitrogens with two attached hydrogens (primary N) is 1. The van der Waals surface area contributed by atoms with Gasteiger partial charge < -0.3 is 20.5 Å². The molecule has 0 aromatic carbocycles. The lowest BCUT2D eigenvalue weighted by atomic mass is 10.2. The predicted octanol–water partition coefficient (Wildman–Crippen LogP) is -1.16. The first-order valence-electron chi connectivity index (χ1n) is 5.42. The van der Waals surface area contributed by atoms with Gasteiger partial charge in [-0.15, -0.1) is 0 Å². The normalized spacial score (nSPS) is 20.6. The fourth-order valence-corrected chi connectivity index (χ4v) is 1.88. The Morgan fingerprint density at radius 1 is 1.76 bits per heavy atom. The van der Waals surface area contributed by atoms with E-state index in [1.54, 1.807) is 18.1 Å². The van der Waals surface area contributed by atoms with Gasteiger partial charge in [0.2, 0.25) is 0 Å². The molecule has 0 bridgehead atoms. The summed E-state index contributed by atoms with van der Waals surface area (Å²) in [5, 5.41) is 13.2. The molecule has 7 heteroatoms. The number of morpholine rings is 1. The van der Waals surface area contributed by atoms with Crippen LogP contribution in [0.2, 0.25) is 0 Å². The smallest absolute Gasteiger partial charge is 0.276 e. The van der Waals surface area contributed by atoms with Crippen molar-refractivity contribution in [2.45, 2.75) is 6.04 Å². The third-order valence-electron chi connectivity index (χ3n) is 2.76. The Kier molecular flexibility index (Phi) is 3.30. The number of hydrogen-bond acceptors (Lipinski definition) is 5. The summed E-state index contributed by atoms with van der Waals surface area (Å²) >= 11 is 0. The van der Waals surface area contributed by atoms with Gasteiger partial charge in [0.25, 0.3) is 5.91 Å². The average molecular weight is 240 g/mol. The van der Waals surface area contributed by atoms with Gasteiger partial charge in [-0.3, -0.25) is 9.48 Å². The fourth-order valence-electron chi connectivity index (χ4n) is 1.88. The monoisotopic (exact) mass is 240 g/mol. The molecule has 3 N–H and O–H groups in total. The van der Waals surface area contributed by atoms with Crippen LogP contribution in [0.3, 0.4) is 0 Å². The van der Waals surface area contributed by atoms with E-state index < -0.39 is 0 Å². The summed E-state index contributed by atoms with van der Waals surface area (Å²) in [6, 6.07) is -0.322. The molecule has 1 atom stereocenters. The Hall–Kier alpha value is -1.60. The number of rotatable bonds is 2. The second-order valence-electron chi connectivity index (χ2n) is 4.02. The van der Waals surface area contributed by atoms with Crippen LogP contribution in [0.25, 0.3) is 0 Å². The number of amides is 1. The van der Waals surface area contributed by atoms with Crippen LogP contribution in [-0.4, -0.2) is 58.1 Å². The number of carbonyl (C=O) groups excluding carboxylic acids is 1. The lowest BCUT2D eigenvalue weighted by Crippen LogP contribution is -2.50. The van der Waals surface area contributed by atoms with Crippen molar-refractivity contribution < 1.29 is 14.6 Å². The van der Waals surface area contributed by atoms with E-state index in [1.165, 1.54) is 4.68 Å². The molecule has 0 spiro atoms. The van der Waals surface area contributed by atoms with Crippen LogP contribution in [0.15, 0.2) is 6.20 Å². The summed E-state index contributed by atoms with van der Waals surface area (Å²) in [7, 11) is 1.70. The largest absolute Gasteiger partial charge is 0.396 e. The Morgan fingerprint density at radius 2 is 2.53 bits per heavy atom. The van der Waals surface area contributed by atoms with E-state index in [-0.39, 0.29) is 24.2 Å². The van der Waals surface area contributed by atoms with E-state index in [1.807, 2.05) is 0 Å². The van der Waals surface area contributed by atoms with Crippen molar-refractivity contribution in [2.24, 2.45) is 7.05 Å². The summed E-state index contributed by atoms with van der Waals surface area (Å²) in [4.78, 5) is 13.8. The molecule has 2 heterocycles. The molecule has 1 aromatic rings. The highest BCUT2D eigenvalue weighted by Gasteiger charge is 2.29. The van der Waals surface area contributed by atoms with Gasteiger partial charge in [-0.1, -0.05) is 0 Å². The van der Waals surface area contributed by atoms with Crippen LogP contribution >= 0.6 is 0 Å². The molecule has 1 fully saturated rings. The number of nitrogen functional groups attached to an aromatic ring is 1. The molecule has 2 rings (SSSR count). The van der Waals surface area contributed by atoms with E-state index in [2.05, 4.69) is 5.10 Å². The van der Waals surface area contributed by atoms with Gasteiger partial charge >= 0.3 is 0 Å². The van der Waals surface area contributed by atoms with E-state index in [4.69, 9.17) is 10.5 Å². The standard InChI is InChI=1S/C10H16N4O3/c1-13-4-8(11)9(12-13)10(16)14-2-3-17-6-7(14)5-15/h4,7,15H,2-3,5-6,11H2,1H3. The van der Waals surface area contributed by atoms with E-state index >= 15 is 0 Å². The van der Waals surface area contributed by atoms with Crippen molar-refractivity contribution >= 4 is 11.6 Å². The van der Waals surface area contributed by atoms with Crippen LogP contribution in [0, 0.1) is 0 Å². The zero-order chi connectivity index (χ0) is 12.4. The van der Waals surface area contributed by atoms with Gasteiger partial charge in [-0.05, 0) is 0 Å². The van der Waals surface area contributed by atoms with Gasteiger partial charge in [0.15, 0.2) is 5.69 Å². The number of aryl methyl sites for hydroxylation is 1. The highest BCUT2D eigenvalue weighted by molar-refractivity contribution is 5.97. The van der Waals surface area contributed by atoms with Crippen molar-refractivity contribution in [3.8, 4) is 0 Å². The lowest BCUT2D eigenvalue weighted by molar-refractivity contribution is -0.0186. The minimum absolute atomic E-state index is 0.127. The van der Waals surface area contributed by atoms with Crippen molar-refractivity contribution in [2.75, 3.05) is 32.1 Å². The second-order valence-corrected chi connectivity index (χ2v) is 4.02. The highest BCUT2D eigenvalue weighted by atomic mass is 16.5.